The highest BCUT2D eigenvalue weighted by Gasteiger charge is 2.23. The number of nitrogens with one attached hydrogen (secondary N) is 1. The summed E-state index contributed by atoms with van der Waals surface area (Å²) in [6.07, 6.45) is 0. The Morgan fingerprint density at radius 3 is 2.16 bits per heavy atom. The summed E-state index contributed by atoms with van der Waals surface area (Å²) in [6, 6.07) is 22.3. The van der Waals surface area contributed by atoms with Gasteiger partial charge in [0.15, 0.2) is 5.69 Å². The smallest absolute Gasteiger partial charge is 0.279 e. The molecule has 0 radical (unpaired) electrons. The second-order valence-corrected chi connectivity index (χ2v) is 7.60. The van der Waals surface area contributed by atoms with Gasteiger partial charge in [-0.1, -0.05) is 30.3 Å². The number of ether oxygens (including phenoxy) is 1. The zero-order valence-electron chi connectivity index (χ0n) is 18.2. The topological polar surface area (TPSA) is 78.5 Å². The van der Waals surface area contributed by atoms with Crippen LogP contribution in [0.5, 0.6) is 5.75 Å². The van der Waals surface area contributed by atoms with E-state index in [0.717, 1.165) is 11.3 Å². The lowest BCUT2D eigenvalue weighted by atomic mass is 10.1. The minimum absolute atomic E-state index is 0.195. The van der Waals surface area contributed by atoms with Gasteiger partial charge in [-0.2, -0.15) is 5.10 Å². The van der Waals surface area contributed by atoms with Crippen LogP contribution in [-0.4, -0.2) is 37.3 Å². The van der Waals surface area contributed by atoms with E-state index in [1.165, 1.54) is 0 Å². The molecule has 162 valence electrons. The molecule has 32 heavy (non-hydrogen) atoms. The average molecular weight is 428 g/mol. The molecule has 0 unspecified atom stereocenters. The maximum atomic E-state index is 13.7. The first-order valence-corrected chi connectivity index (χ1v) is 10.2. The number of carbonyl (C=O) groups excluding carboxylic acids is 1. The maximum Gasteiger partial charge on any atom is 0.279 e. The molecular formula is C25H24N4O3. The van der Waals surface area contributed by atoms with Crippen molar-refractivity contribution in [1.29, 1.82) is 0 Å². The summed E-state index contributed by atoms with van der Waals surface area (Å²) in [6.45, 7) is 0.341. The lowest BCUT2D eigenvalue weighted by Gasteiger charge is -2.24. The van der Waals surface area contributed by atoms with Crippen LogP contribution in [0.25, 0.3) is 10.8 Å². The summed E-state index contributed by atoms with van der Waals surface area (Å²) in [4.78, 5) is 29.6. The van der Waals surface area contributed by atoms with Gasteiger partial charge in [-0.15, -0.1) is 0 Å². The van der Waals surface area contributed by atoms with Crippen LogP contribution in [0.4, 0.5) is 11.4 Å². The van der Waals surface area contributed by atoms with Crippen LogP contribution < -0.4 is 20.1 Å². The van der Waals surface area contributed by atoms with Gasteiger partial charge >= 0.3 is 0 Å². The number of carbonyl (C=O) groups is 1. The van der Waals surface area contributed by atoms with Gasteiger partial charge in [-0.05, 0) is 48.0 Å². The highest BCUT2D eigenvalue weighted by Crippen LogP contribution is 2.25. The SMILES string of the molecule is COc1ccc(N(Cc2ccc(N(C)C)cc2)C(=O)c2n[nH]c(=O)c3ccccc23)cc1. The molecule has 1 heterocycles. The van der Waals surface area contributed by atoms with Gasteiger partial charge in [0.2, 0.25) is 0 Å². The van der Waals surface area contributed by atoms with Gasteiger partial charge in [-0.3, -0.25) is 9.59 Å². The Hall–Kier alpha value is -4.13. The number of anilines is 2. The van der Waals surface area contributed by atoms with Crippen molar-refractivity contribution in [3.63, 3.8) is 0 Å². The van der Waals surface area contributed by atoms with E-state index in [2.05, 4.69) is 10.2 Å². The fraction of sp³-hybridized carbons (Fsp3) is 0.160. The number of aromatic nitrogens is 2. The Morgan fingerprint density at radius 1 is 0.906 bits per heavy atom. The van der Waals surface area contributed by atoms with Crippen molar-refractivity contribution in [2.75, 3.05) is 31.0 Å². The summed E-state index contributed by atoms with van der Waals surface area (Å²) in [5.41, 5.74) is 2.61. The van der Waals surface area contributed by atoms with Crippen molar-refractivity contribution in [3.8, 4) is 5.75 Å². The molecule has 1 N–H and O–H groups in total. The molecule has 4 aromatic rings. The molecule has 4 rings (SSSR count). The molecule has 0 bridgehead atoms. The quantitative estimate of drug-likeness (QED) is 0.505. The molecule has 0 atom stereocenters. The second-order valence-electron chi connectivity index (χ2n) is 7.60. The van der Waals surface area contributed by atoms with Gasteiger partial charge in [0.25, 0.3) is 11.5 Å². The number of methoxy groups -OCH3 is 1. The third-order valence-corrected chi connectivity index (χ3v) is 5.32. The van der Waals surface area contributed by atoms with E-state index < -0.39 is 0 Å². The minimum atomic E-state index is -0.326. The Morgan fingerprint density at radius 2 is 1.53 bits per heavy atom. The Bertz CT molecular complexity index is 1300. The van der Waals surface area contributed by atoms with E-state index in [4.69, 9.17) is 4.74 Å². The van der Waals surface area contributed by atoms with Crippen LogP contribution in [0.1, 0.15) is 16.1 Å². The van der Waals surface area contributed by atoms with Crippen molar-refractivity contribution in [1.82, 2.24) is 10.2 Å². The monoisotopic (exact) mass is 428 g/mol. The number of aromatic amines is 1. The van der Waals surface area contributed by atoms with E-state index in [0.29, 0.717) is 28.8 Å². The van der Waals surface area contributed by atoms with E-state index in [1.54, 1.807) is 36.3 Å². The molecule has 7 heteroatoms. The third kappa shape index (κ3) is 4.18. The fourth-order valence-electron chi connectivity index (χ4n) is 3.53. The largest absolute Gasteiger partial charge is 0.497 e. The Kier molecular flexibility index (Phi) is 5.89. The Balaban J connectivity index is 1.77. The number of amides is 1. The maximum absolute atomic E-state index is 13.7. The van der Waals surface area contributed by atoms with Crippen molar-refractivity contribution >= 4 is 28.1 Å². The zero-order chi connectivity index (χ0) is 22.7. The first-order chi connectivity index (χ1) is 15.5. The second kappa shape index (κ2) is 8.93. The number of benzene rings is 3. The molecule has 0 spiro atoms. The number of rotatable bonds is 6. The molecule has 0 aliphatic rings. The third-order valence-electron chi connectivity index (χ3n) is 5.32. The van der Waals surface area contributed by atoms with E-state index in [-0.39, 0.29) is 17.2 Å². The lowest BCUT2D eigenvalue weighted by Crippen LogP contribution is -2.32. The first kappa shape index (κ1) is 21.1. The van der Waals surface area contributed by atoms with Crippen LogP contribution in [0.3, 0.4) is 0 Å². The predicted molar refractivity (Wildman–Crippen MR) is 127 cm³/mol. The summed E-state index contributed by atoms with van der Waals surface area (Å²) in [5, 5.41) is 7.50. The number of hydrogen-bond acceptors (Lipinski definition) is 5. The summed E-state index contributed by atoms with van der Waals surface area (Å²) >= 11 is 0. The standard InChI is InChI=1S/C25H24N4O3/c1-28(2)18-10-8-17(9-11-18)16-29(19-12-14-20(32-3)15-13-19)25(31)23-21-6-4-5-7-22(21)24(30)27-26-23/h4-15H,16H2,1-3H3,(H,27,30). The van der Waals surface area contributed by atoms with E-state index in [9.17, 15) is 9.59 Å². The lowest BCUT2D eigenvalue weighted by molar-refractivity contribution is 0.0981. The molecular weight excluding hydrogens is 404 g/mol. The van der Waals surface area contributed by atoms with Crippen LogP contribution in [0.2, 0.25) is 0 Å². The summed E-state index contributed by atoms with van der Waals surface area (Å²) in [7, 11) is 5.56. The van der Waals surface area contributed by atoms with Gasteiger partial charge < -0.3 is 14.5 Å². The van der Waals surface area contributed by atoms with E-state index >= 15 is 0 Å². The summed E-state index contributed by atoms with van der Waals surface area (Å²) in [5.74, 6) is 0.392. The van der Waals surface area contributed by atoms with Crippen molar-refractivity contribution < 1.29 is 9.53 Å². The van der Waals surface area contributed by atoms with Gasteiger partial charge in [0, 0.05) is 30.9 Å². The van der Waals surface area contributed by atoms with Gasteiger partial charge in [0.1, 0.15) is 5.75 Å². The predicted octanol–water partition coefficient (Wildman–Crippen LogP) is 3.84. The highest BCUT2D eigenvalue weighted by atomic mass is 16.5. The highest BCUT2D eigenvalue weighted by molar-refractivity contribution is 6.12. The molecule has 7 nitrogen and oxygen atoms in total. The van der Waals surface area contributed by atoms with Crippen LogP contribution >= 0.6 is 0 Å². The van der Waals surface area contributed by atoms with E-state index in [1.807, 2.05) is 67.5 Å². The fourth-order valence-corrected chi connectivity index (χ4v) is 3.53. The summed E-state index contributed by atoms with van der Waals surface area (Å²) < 4.78 is 5.26. The van der Waals surface area contributed by atoms with Gasteiger partial charge in [0.05, 0.1) is 19.0 Å². The number of H-pyrrole nitrogens is 1. The number of fused-ring (bicyclic) bond motifs is 1. The molecule has 0 aliphatic heterocycles. The van der Waals surface area contributed by atoms with Gasteiger partial charge in [-0.25, -0.2) is 5.10 Å². The molecule has 0 saturated heterocycles. The molecule has 3 aromatic carbocycles. The van der Waals surface area contributed by atoms with Crippen molar-refractivity contribution in [3.05, 3.63) is 94.4 Å². The first-order valence-electron chi connectivity index (χ1n) is 10.2. The number of hydrogen-bond donors (Lipinski definition) is 1. The van der Waals surface area contributed by atoms with Crippen LogP contribution in [-0.2, 0) is 6.54 Å². The van der Waals surface area contributed by atoms with Crippen LogP contribution in [0.15, 0.2) is 77.6 Å². The molecule has 1 aromatic heterocycles. The molecule has 0 saturated carbocycles. The zero-order valence-corrected chi connectivity index (χ0v) is 18.2. The average Bonchev–Trinajstić information content (AvgIpc) is 2.83. The van der Waals surface area contributed by atoms with Crippen molar-refractivity contribution in [2.45, 2.75) is 6.54 Å². The molecule has 1 amide bonds. The minimum Gasteiger partial charge on any atom is -0.497 e. The number of nitrogens with zero attached hydrogens (tertiary/aromatic N) is 3. The molecule has 0 fully saturated rings. The molecule has 0 aliphatic carbocycles. The van der Waals surface area contributed by atoms with Crippen molar-refractivity contribution in [2.24, 2.45) is 0 Å². The normalized spacial score (nSPS) is 10.7. The van der Waals surface area contributed by atoms with Crippen LogP contribution in [0, 0.1) is 0 Å². The Labute approximate surface area is 185 Å².